The lowest BCUT2D eigenvalue weighted by molar-refractivity contribution is 0.102. The molecule has 0 spiro atoms. The Morgan fingerprint density at radius 2 is 2.14 bits per heavy atom. The summed E-state index contributed by atoms with van der Waals surface area (Å²) in [5.41, 5.74) is 3.91. The van der Waals surface area contributed by atoms with Crippen LogP contribution in [-0.4, -0.2) is 25.7 Å². The van der Waals surface area contributed by atoms with E-state index in [0.717, 1.165) is 10.6 Å². The number of carbonyl (C=O) groups is 1. The summed E-state index contributed by atoms with van der Waals surface area (Å²) in [5, 5.41) is 8.65. The van der Waals surface area contributed by atoms with Crippen LogP contribution in [-0.2, 0) is 5.75 Å². The highest BCUT2D eigenvalue weighted by molar-refractivity contribution is 7.98. The number of rotatable bonds is 6. The van der Waals surface area contributed by atoms with Gasteiger partial charge in [-0.05, 0) is 30.3 Å². The van der Waals surface area contributed by atoms with Crippen molar-refractivity contribution in [2.24, 2.45) is 0 Å². The molecule has 6 nitrogen and oxygen atoms in total. The van der Waals surface area contributed by atoms with Crippen LogP contribution in [0.4, 0.5) is 10.1 Å². The van der Waals surface area contributed by atoms with E-state index >= 15 is 0 Å². The van der Waals surface area contributed by atoms with Crippen LogP contribution in [0, 0.1) is 5.82 Å². The molecule has 28 heavy (non-hydrogen) atoms. The molecule has 9 heteroatoms. The summed E-state index contributed by atoms with van der Waals surface area (Å²) in [6, 6.07) is 11.8. The minimum atomic E-state index is -0.505. The fraction of sp³-hybridized carbons (Fsp3) is 0.0526. The van der Waals surface area contributed by atoms with E-state index in [0.29, 0.717) is 17.0 Å². The van der Waals surface area contributed by atoms with Gasteiger partial charge in [-0.2, -0.15) is 5.10 Å². The maximum Gasteiger partial charge on any atom is 0.256 e. The van der Waals surface area contributed by atoms with Gasteiger partial charge >= 0.3 is 0 Å². The molecule has 0 radical (unpaired) electrons. The van der Waals surface area contributed by atoms with Crippen LogP contribution in [0.3, 0.4) is 0 Å². The molecule has 2 aromatic carbocycles. The van der Waals surface area contributed by atoms with Crippen molar-refractivity contribution in [2.75, 3.05) is 5.32 Å². The van der Waals surface area contributed by atoms with Crippen molar-refractivity contribution in [3.8, 4) is 5.69 Å². The predicted octanol–water partition coefficient (Wildman–Crippen LogP) is 4.41. The Morgan fingerprint density at radius 3 is 2.89 bits per heavy atom. The molecule has 1 amide bonds. The lowest BCUT2D eigenvalue weighted by atomic mass is 10.2. The van der Waals surface area contributed by atoms with E-state index in [9.17, 15) is 9.18 Å². The number of hydrogen-bond donors (Lipinski definition) is 1. The first-order valence-corrected chi connectivity index (χ1v) is 10.2. The van der Waals surface area contributed by atoms with Crippen LogP contribution in [0.2, 0.25) is 0 Å². The van der Waals surface area contributed by atoms with Crippen LogP contribution in [0.25, 0.3) is 5.69 Å². The molecule has 0 aliphatic rings. The summed E-state index contributed by atoms with van der Waals surface area (Å²) in [4.78, 5) is 21.6. The van der Waals surface area contributed by atoms with Gasteiger partial charge in [-0.1, -0.05) is 12.1 Å². The van der Waals surface area contributed by atoms with Gasteiger partial charge in [0.2, 0.25) is 0 Å². The van der Waals surface area contributed by atoms with Crippen LogP contribution >= 0.6 is 23.1 Å². The molecule has 0 bridgehead atoms. The SMILES string of the molecule is O=C(Nc1ccc(-n2cncn2)c(F)c1)c1ccccc1SCc1cscn1. The second-order valence-corrected chi connectivity index (χ2v) is 7.46. The van der Waals surface area contributed by atoms with E-state index in [4.69, 9.17) is 0 Å². The second kappa shape index (κ2) is 8.32. The molecule has 0 saturated heterocycles. The smallest absolute Gasteiger partial charge is 0.256 e. The number of thioether (sulfide) groups is 1. The average molecular weight is 411 g/mol. The monoisotopic (exact) mass is 411 g/mol. The number of thiazole rings is 1. The summed E-state index contributed by atoms with van der Waals surface area (Å²) in [5.74, 6) is -0.126. The van der Waals surface area contributed by atoms with Crippen molar-refractivity contribution in [1.82, 2.24) is 19.7 Å². The van der Waals surface area contributed by atoms with Crippen LogP contribution in [0.15, 0.2) is 70.9 Å². The van der Waals surface area contributed by atoms with Crippen molar-refractivity contribution in [3.63, 3.8) is 0 Å². The Kier molecular flexibility index (Phi) is 5.45. The molecule has 0 aliphatic carbocycles. The summed E-state index contributed by atoms with van der Waals surface area (Å²) in [6.45, 7) is 0. The number of halogens is 1. The molecule has 0 unspecified atom stereocenters. The fourth-order valence-corrected chi connectivity index (χ4v) is 4.16. The minimum Gasteiger partial charge on any atom is -0.322 e. The fourth-order valence-electron chi connectivity index (χ4n) is 2.54. The number of amides is 1. The van der Waals surface area contributed by atoms with Gasteiger partial charge in [-0.15, -0.1) is 23.1 Å². The number of nitrogens with one attached hydrogen (secondary N) is 1. The summed E-state index contributed by atoms with van der Waals surface area (Å²) in [7, 11) is 0. The first-order valence-electron chi connectivity index (χ1n) is 8.25. The molecular weight excluding hydrogens is 397 g/mol. The highest BCUT2D eigenvalue weighted by Gasteiger charge is 2.14. The minimum absolute atomic E-state index is 0.259. The number of nitrogens with zero attached hydrogens (tertiary/aromatic N) is 4. The molecule has 140 valence electrons. The van der Waals surface area contributed by atoms with Gasteiger partial charge in [-0.3, -0.25) is 4.79 Å². The Morgan fingerprint density at radius 1 is 1.25 bits per heavy atom. The lowest BCUT2D eigenvalue weighted by Crippen LogP contribution is -2.13. The van der Waals surface area contributed by atoms with Gasteiger partial charge in [0.15, 0.2) is 5.82 Å². The number of hydrogen-bond acceptors (Lipinski definition) is 6. The third-order valence-corrected chi connectivity index (χ3v) is 5.60. The average Bonchev–Trinajstić information content (AvgIpc) is 3.41. The van der Waals surface area contributed by atoms with E-state index in [1.807, 2.05) is 17.5 Å². The molecule has 0 aliphatic heterocycles. The Balaban J connectivity index is 1.50. The molecule has 4 rings (SSSR count). The summed E-state index contributed by atoms with van der Waals surface area (Å²) < 4.78 is 15.7. The third kappa shape index (κ3) is 4.10. The standard InChI is InChI=1S/C19H14FN5OS2/c20-16-7-13(5-6-17(16)25-11-21-10-23-25)24-19(26)15-3-1-2-4-18(15)28-9-14-8-27-12-22-14/h1-8,10-12H,9H2,(H,24,26). The van der Waals surface area contributed by atoms with E-state index in [1.54, 1.807) is 29.8 Å². The Bertz CT molecular complexity index is 1080. The summed E-state index contributed by atoms with van der Waals surface area (Å²) in [6.07, 6.45) is 2.74. The molecule has 0 atom stereocenters. The van der Waals surface area contributed by atoms with Gasteiger partial charge in [0.25, 0.3) is 5.91 Å². The maximum absolute atomic E-state index is 14.4. The van der Waals surface area contributed by atoms with Gasteiger partial charge in [0.1, 0.15) is 18.3 Å². The highest BCUT2D eigenvalue weighted by Crippen LogP contribution is 2.27. The normalized spacial score (nSPS) is 10.8. The van der Waals surface area contributed by atoms with Gasteiger partial charge < -0.3 is 5.32 Å². The highest BCUT2D eigenvalue weighted by atomic mass is 32.2. The van der Waals surface area contributed by atoms with Crippen molar-refractivity contribution >= 4 is 34.7 Å². The first-order chi connectivity index (χ1) is 13.7. The number of benzene rings is 2. The second-order valence-electron chi connectivity index (χ2n) is 5.72. The molecule has 0 fully saturated rings. The van der Waals surface area contributed by atoms with Crippen LogP contribution in [0.5, 0.6) is 0 Å². The largest absolute Gasteiger partial charge is 0.322 e. The van der Waals surface area contributed by atoms with Crippen LogP contribution < -0.4 is 5.32 Å². The zero-order valence-corrected chi connectivity index (χ0v) is 16.1. The third-order valence-electron chi connectivity index (χ3n) is 3.86. The first kappa shape index (κ1) is 18.3. The predicted molar refractivity (Wildman–Crippen MR) is 107 cm³/mol. The lowest BCUT2D eigenvalue weighted by Gasteiger charge is -2.11. The topological polar surface area (TPSA) is 72.7 Å². The van der Waals surface area contributed by atoms with Crippen LogP contribution in [0.1, 0.15) is 16.1 Å². The van der Waals surface area contributed by atoms with Crippen molar-refractivity contribution < 1.29 is 9.18 Å². The van der Waals surface area contributed by atoms with E-state index in [1.165, 1.54) is 46.5 Å². The van der Waals surface area contributed by atoms with E-state index < -0.39 is 5.82 Å². The molecule has 2 heterocycles. The van der Waals surface area contributed by atoms with Gasteiger partial charge in [-0.25, -0.2) is 19.0 Å². The number of aromatic nitrogens is 4. The summed E-state index contributed by atoms with van der Waals surface area (Å²) >= 11 is 3.08. The van der Waals surface area contributed by atoms with Gasteiger partial charge in [0.05, 0.1) is 16.8 Å². The molecular formula is C19H14FN5OS2. The van der Waals surface area contributed by atoms with E-state index in [-0.39, 0.29) is 11.6 Å². The Labute approximate surface area is 168 Å². The molecule has 2 aromatic heterocycles. The maximum atomic E-state index is 14.4. The number of carbonyl (C=O) groups excluding carboxylic acids is 1. The van der Waals surface area contributed by atoms with Crippen molar-refractivity contribution in [2.45, 2.75) is 10.6 Å². The van der Waals surface area contributed by atoms with Crippen molar-refractivity contribution in [1.29, 1.82) is 0 Å². The van der Waals surface area contributed by atoms with Crippen molar-refractivity contribution in [3.05, 3.63) is 83.1 Å². The number of anilines is 1. The van der Waals surface area contributed by atoms with Gasteiger partial charge in [0, 0.05) is 21.7 Å². The molecule has 4 aromatic rings. The zero-order chi connectivity index (χ0) is 19.3. The zero-order valence-electron chi connectivity index (χ0n) is 14.4. The molecule has 0 saturated carbocycles. The molecule has 1 N–H and O–H groups in total. The van der Waals surface area contributed by atoms with E-state index in [2.05, 4.69) is 20.4 Å². The Hall–Kier alpha value is -3.04. The quantitative estimate of drug-likeness (QED) is 0.476.